The van der Waals surface area contributed by atoms with Crippen molar-refractivity contribution in [3.63, 3.8) is 0 Å². The van der Waals surface area contributed by atoms with Crippen molar-refractivity contribution in [1.29, 1.82) is 0 Å². The van der Waals surface area contributed by atoms with Crippen LogP contribution in [0.4, 0.5) is 0 Å². The lowest BCUT2D eigenvalue weighted by Gasteiger charge is -2.21. The number of amides is 1. The molecule has 34 heavy (non-hydrogen) atoms. The second kappa shape index (κ2) is 11.3. The Morgan fingerprint density at radius 3 is 2.26 bits per heavy atom. The van der Waals surface area contributed by atoms with Gasteiger partial charge in [0.05, 0.1) is 5.92 Å². The third-order valence-electron chi connectivity index (χ3n) is 6.12. The van der Waals surface area contributed by atoms with Crippen LogP contribution in [0.25, 0.3) is 10.9 Å². The van der Waals surface area contributed by atoms with Crippen LogP contribution in [-0.2, 0) is 33.8 Å². The first kappa shape index (κ1) is 23.3. The Kier molecular flexibility index (Phi) is 7.76. The van der Waals surface area contributed by atoms with Gasteiger partial charge >= 0.3 is 5.97 Å². The number of nitrogens with zero attached hydrogens (tertiary/aromatic N) is 1. The number of benzene rings is 3. The van der Waals surface area contributed by atoms with Crippen LogP contribution < -0.4 is 0 Å². The molecule has 0 fully saturated rings. The van der Waals surface area contributed by atoms with Crippen molar-refractivity contribution in [2.75, 3.05) is 13.6 Å². The van der Waals surface area contributed by atoms with Crippen molar-refractivity contribution >= 4 is 22.8 Å². The molecular formula is C29H30N2O3. The molecule has 1 heterocycles. The average Bonchev–Trinajstić information content (AvgIpc) is 3.29. The molecule has 1 aromatic heterocycles. The number of hydrogen-bond acceptors (Lipinski definition) is 3. The van der Waals surface area contributed by atoms with Crippen LogP contribution in [0.2, 0.25) is 0 Å². The van der Waals surface area contributed by atoms with E-state index in [1.165, 1.54) is 10.9 Å². The molecule has 1 N–H and O–H groups in total. The summed E-state index contributed by atoms with van der Waals surface area (Å²) in [6.07, 6.45) is 3.33. The number of likely N-dealkylation sites (N-methyl/N-ethyl adjacent to an activating group) is 1. The molecule has 4 rings (SSSR count). The zero-order chi connectivity index (χ0) is 23.8. The molecule has 5 nitrogen and oxygen atoms in total. The summed E-state index contributed by atoms with van der Waals surface area (Å²) >= 11 is 0. The van der Waals surface area contributed by atoms with Crippen molar-refractivity contribution < 1.29 is 14.3 Å². The van der Waals surface area contributed by atoms with Crippen LogP contribution >= 0.6 is 0 Å². The maximum atomic E-state index is 13.1. The number of carbonyl (C=O) groups excluding carboxylic acids is 2. The Morgan fingerprint density at radius 1 is 0.882 bits per heavy atom. The lowest BCUT2D eigenvalue weighted by Crippen LogP contribution is -2.33. The molecule has 1 amide bonds. The van der Waals surface area contributed by atoms with Crippen LogP contribution in [-0.4, -0.2) is 35.4 Å². The van der Waals surface area contributed by atoms with Crippen LogP contribution in [0, 0.1) is 5.92 Å². The molecule has 5 heteroatoms. The van der Waals surface area contributed by atoms with Crippen molar-refractivity contribution in [3.8, 4) is 0 Å². The summed E-state index contributed by atoms with van der Waals surface area (Å²) in [5, 5.41) is 1.18. The third kappa shape index (κ3) is 6.13. The zero-order valence-corrected chi connectivity index (χ0v) is 19.4. The Bertz CT molecular complexity index is 1220. The van der Waals surface area contributed by atoms with Crippen LogP contribution in [0.3, 0.4) is 0 Å². The fourth-order valence-electron chi connectivity index (χ4n) is 4.10. The van der Waals surface area contributed by atoms with E-state index >= 15 is 0 Å². The average molecular weight is 455 g/mol. The smallest absolute Gasteiger partial charge is 0.310 e. The van der Waals surface area contributed by atoms with E-state index < -0.39 is 5.92 Å². The van der Waals surface area contributed by atoms with E-state index in [2.05, 4.69) is 11.1 Å². The molecule has 3 aromatic carbocycles. The molecule has 0 saturated heterocycles. The van der Waals surface area contributed by atoms with Gasteiger partial charge in [0.1, 0.15) is 6.61 Å². The summed E-state index contributed by atoms with van der Waals surface area (Å²) in [6, 6.07) is 27.5. The zero-order valence-electron chi connectivity index (χ0n) is 19.4. The van der Waals surface area contributed by atoms with Gasteiger partial charge in [-0.25, -0.2) is 0 Å². The minimum Gasteiger partial charge on any atom is -0.461 e. The number of carbonyl (C=O) groups is 2. The quantitative estimate of drug-likeness (QED) is 0.337. The normalized spacial score (nSPS) is 11.8. The number of H-pyrrole nitrogens is 1. The van der Waals surface area contributed by atoms with Gasteiger partial charge in [-0.2, -0.15) is 0 Å². The standard InChI is InChI=1S/C29H30N2O3/c1-31(17-16-24-20-30-27-15-9-8-14-26(24)27)28(32)19-25(18-22-10-4-2-5-11-22)29(33)34-21-23-12-6-3-7-13-23/h2-15,20,25,30H,16-19,21H2,1H3/t25-/m1/s1. The van der Waals surface area contributed by atoms with Crippen LogP contribution in [0.1, 0.15) is 23.1 Å². The number of aromatic amines is 1. The highest BCUT2D eigenvalue weighted by molar-refractivity contribution is 5.84. The summed E-state index contributed by atoms with van der Waals surface area (Å²) in [5.41, 5.74) is 4.21. The molecule has 0 unspecified atom stereocenters. The topological polar surface area (TPSA) is 62.4 Å². The van der Waals surface area contributed by atoms with Crippen molar-refractivity contribution in [3.05, 3.63) is 108 Å². The lowest BCUT2D eigenvalue weighted by atomic mass is 9.95. The maximum Gasteiger partial charge on any atom is 0.310 e. The summed E-state index contributed by atoms with van der Waals surface area (Å²) in [7, 11) is 1.80. The van der Waals surface area contributed by atoms with Gasteiger partial charge in [-0.3, -0.25) is 9.59 Å². The number of rotatable bonds is 10. The number of nitrogens with one attached hydrogen (secondary N) is 1. The predicted octanol–water partition coefficient (Wildman–Crippen LogP) is 5.16. The van der Waals surface area contributed by atoms with Gasteiger partial charge in [0.2, 0.25) is 5.91 Å². The monoisotopic (exact) mass is 454 g/mol. The molecule has 0 aliphatic rings. The Hall–Kier alpha value is -3.86. The molecule has 4 aromatic rings. The van der Waals surface area contributed by atoms with E-state index in [0.29, 0.717) is 13.0 Å². The highest BCUT2D eigenvalue weighted by Gasteiger charge is 2.25. The molecule has 0 bridgehead atoms. The minimum absolute atomic E-state index is 0.0579. The SMILES string of the molecule is CN(CCc1c[nH]c2ccccc12)C(=O)C[C@@H](Cc1ccccc1)C(=O)OCc1ccccc1. The largest absolute Gasteiger partial charge is 0.461 e. The van der Waals surface area contributed by atoms with Gasteiger partial charge < -0.3 is 14.6 Å². The number of fused-ring (bicyclic) bond motifs is 1. The Morgan fingerprint density at radius 2 is 1.53 bits per heavy atom. The van der Waals surface area contributed by atoms with E-state index in [4.69, 9.17) is 4.74 Å². The van der Waals surface area contributed by atoms with Crippen molar-refractivity contribution in [2.24, 2.45) is 5.92 Å². The van der Waals surface area contributed by atoms with E-state index in [1.54, 1.807) is 11.9 Å². The number of aromatic nitrogens is 1. The maximum absolute atomic E-state index is 13.1. The van der Waals surface area contributed by atoms with E-state index in [-0.39, 0.29) is 24.9 Å². The van der Waals surface area contributed by atoms with Gasteiger partial charge in [-0.15, -0.1) is 0 Å². The first-order valence-corrected chi connectivity index (χ1v) is 11.6. The molecule has 0 spiro atoms. The Balaban J connectivity index is 1.38. The first-order valence-electron chi connectivity index (χ1n) is 11.6. The molecule has 0 saturated carbocycles. The third-order valence-corrected chi connectivity index (χ3v) is 6.12. The minimum atomic E-state index is -0.533. The fourth-order valence-corrected chi connectivity index (χ4v) is 4.10. The van der Waals surface area contributed by atoms with Crippen LogP contribution in [0.5, 0.6) is 0 Å². The lowest BCUT2D eigenvalue weighted by molar-refractivity contribution is -0.152. The number of para-hydroxylation sites is 1. The molecular weight excluding hydrogens is 424 g/mol. The highest BCUT2D eigenvalue weighted by atomic mass is 16.5. The van der Waals surface area contributed by atoms with E-state index in [0.717, 1.165) is 23.1 Å². The number of esters is 1. The molecule has 174 valence electrons. The van der Waals surface area contributed by atoms with Crippen molar-refractivity contribution in [2.45, 2.75) is 25.9 Å². The first-order chi connectivity index (χ1) is 16.6. The Labute approximate surface area is 200 Å². The highest BCUT2D eigenvalue weighted by Crippen LogP contribution is 2.20. The van der Waals surface area contributed by atoms with E-state index in [9.17, 15) is 9.59 Å². The summed E-state index contributed by atoms with van der Waals surface area (Å²) in [6.45, 7) is 0.785. The van der Waals surface area contributed by atoms with Crippen molar-refractivity contribution in [1.82, 2.24) is 9.88 Å². The van der Waals surface area contributed by atoms with Gasteiger partial charge in [0, 0.05) is 37.1 Å². The molecule has 0 radical (unpaired) electrons. The van der Waals surface area contributed by atoms with E-state index in [1.807, 2.05) is 85.1 Å². The van der Waals surface area contributed by atoms with Gasteiger partial charge in [0.15, 0.2) is 0 Å². The summed E-state index contributed by atoms with van der Waals surface area (Å²) < 4.78 is 5.60. The van der Waals surface area contributed by atoms with Gasteiger partial charge in [-0.1, -0.05) is 78.9 Å². The second-order valence-electron chi connectivity index (χ2n) is 8.61. The number of ether oxygens (including phenoxy) is 1. The molecule has 1 atom stereocenters. The summed E-state index contributed by atoms with van der Waals surface area (Å²) in [4.78, 5) is 31.0. The van der Waals surface area contributed by atoms with Crippen LogP contribution in [0.15, 0.2) is 91.1 Å². The predicted molar refractivity (Wildman–Crippen MR) is 134 cm³/mol. The fraction of sp³-hybridized carbons (Fsp3) is 0.241. The number of hydrogen-bond donors (Lipinski definition) is 1. The second-order valence-corrected chi connectivity index (χ2v) is 8.61. The molecule has 0 aliphatic carbocycles. The summed E-state index contributed by atoms with van der Waals surface area (Å²) in [5.74, 6) is -0.933. The molecule has 0 aliphatic heterocycles. The van der Waals surface area contributed by atoms with Gasteiger partial charge in [0.25, 0.3) is 0 Å². The van der Waals surface area contributed by atoms with Gasteiger partial charge in [-0.05, 0) is 35.6 Å².